The highest BCUT2D eigenvalue weighted by molar-refractivity contribution is 5.66. The molecular formula is C16H19FN2. The Morgan fingerprint density at radius 3 is 2.37 bits per heavy atom. The number of hydrogen-bond acceptors (Lipinski definition) is 2. The van der Waals surface area contributed by atoms with E-state index in [4.69, 9.17) is 5.73 Å². The van der Waals surface area contributed by atoms with Crippen LogP contribution in [0.15, 0.2) is 42.5 Å². The van der Waals surface area contributed by atoms with Crippen LogP contribution in [-0.4, -0.2) is 7.05 Å². The zero-order valence-corrected chi connectivity index (χ0v) is 11.4. The first kappa shape index (κ1) is 13.6. The van der Waals surface area contributed by atoms with Crippen LogP contribution in [0.1, 0.15) is 18.1 Å². The topological polar surface area (TPSA) is 29.3 Å². The van der Waals surface area contributed by atoms with Gasteiger partial charge in [0.05, 0.1) is 0 Å². The first-order valence-corrected chi connectivity index (χ1v) is 6.47. The van der Waals surface area contributed by atoms with Crippen LogP contribution in [0.2, 0.25) is 0 Å². The lowest BCUT2D eigenvalue weighted by atomic mass is 10.1. The van der Waals surface area contributed by atoms with Crippen LogP contribution in [0.25, 0.3) is 0 Å². The van der Waals surface area contributed by atoms with Crippen LogP contribution in [-0.2, 0) is 13.0 Å². The van der Waals surface area contributed by atoms with Gasteiger partial charge < -0.3 is 10.6 Å². The number of anilines is 2. The van der Waals surface area contributed by atoms with E-state index in [1.54, 1.807) is 6.07 Å². The maximum atomic E-state index is 13.7. The number of rotatable bonds is 4. The molecule has 0 bridgehead atoms. The summed E-state index contributed by atoms with van der Waals surface area (Å²) in [6, 6.07) is 13.3. The highest BCUT2D eigenvalue weighted by Gasteiger charge is 2.11. The number of aryl methyl sites for hydroxylation is 1. The lowest BCUT2D eigenvalue weighted by molar-refractivity contribution is 0.610. The van der Waals surface area contributed by atoms with Gasteiger partial charge in [0.2, 0.25) is 0 Å². The van der Waals surface area contributed by atoms with Crippen molar-refractivity contribution >= 4 is 11.4 Å². The molecule has 100 valence electrons. The summed E-state index contributed by atoms with van der Waals surface area (Å²) in [6.07, 6.45) is 1.01. The summed E-state index contributed by atoms with van der Waals surface area (Å²) in [5, 5.41) is 0. The Morgan fingerprint density at radius 2 is 1.79 bits per heavy atom. The quantitative estimate of drug-likeness (QED) is 0.907. The average Bonchev–Trinajstić information content (AvgIpc) is 2.46. The second kappa shape index (κ2) is 5.85. The van der Waals surface area contributed by atoms with Gasteiger partial charge >= 0.3 is 0 Å². The predicted octanol–water partition coefficient (Wildman–Crippen LogP) is 3.61. The van der Waals surface area contributed by atoms with Gasteiger partial charge in [0, 0.05) is 30.5 Å². The predicted molar refractivity (Wildman–Crippen MR) is 78.2 cm³/mol. The van der Waals surface area contributed by atoms with E-state index in [9.17, 15) is 4.39 Å². The van der Waals surface area contributed by atoms with Gasteiger partial charge in [0.15, 0.2) is 0 Å². The Kier molecular flexibility index (Phi) is 4.17. The van der Waals surface area contributed by atoms with Gasteiger partial charge in [-0.05, 0) is 36.2 Å². The Balaban J connectivity index is 2.37. The summed E-state index contributed by atoms with van der Waals surface area (Å²) in [7, 11) is 1.93. The van der Waals surface area contributed by atoms with Crippen molar-refractivity contribution in [2.45, 2.75) is 19.9 Å². The Bertz CT molecular complexity index is 549. The molecule has 0 aliphatic heterocycles. The monoisotopic (exact) mass is 258 g/mol. The molecule has 3 heteroatoms. The zero-order chi connectivity index (χ0) is 13.8. The molecule has 0 radical (unpaired) electrons. The molecule has 0 atom stereocenters. The molecule has 2 aromatic carbocycles. The first-order chi connectivity index (χ1) is 9.17. The van der Waals surface area contributed by atoms with Gasteiger partial charge in [-0.15, -0.1) is 0 Å². The van der Waals surface area contributed by atoms with Crippen molar-refractivity contribution in [3.8, 4) is 0 Å². The number of nitrogens with two attached hydrogens (primary N) is 1. The van der Waals surface area contributed by atoms with Crippen molar-refractivity contribution in [1.82, 2.24) is 0 Å². The number of benzene rings is 2. The molecule has 2 N–H and O–H groups in total. The molecule has 2 aromatic rings. The van der Waals surface area contributed by atoms with Crippen molar-refractivity contribution < 1.29 is 4.39 Å². The molecule has 0 aromatic heterocycles. The van der Waals surface area contributed by atoms with Crippen LogP contribution in [0.5, 0.6) is 0 Å². The van der Waals surface area contributed by atoms with E-state index in [1.165, 1.54) is 11.6 Å². The van der Waals surface area contributed by atoms with Gasteiger partial charge in [0.25, 0.3) is 0 Å². The normalized spacial score (nSPS) is 10.5. The molecule has 0 aliphatic rings. The van der Waals surface area contributed by atoms with Gasteiger partial charge in [-0.1, -0.05) is 25.1 Å². The lowest BCUT2D eigenvalue weighted by Crippen LogP contribution is -2.14. The van der Waals surface area contributed by atoms with Gasteiger partial charge in [0.1, 0.15) is 5.82 Å². The minimum absolute atomic E-state index is 0.194. The Labute approximate surface area is 113 Å². The smallest absolute Gasteiger partial charge is 0.129 e. The van der Waals surface area contributed by atoms with E-state index in [-0.39, 0.29) is 12.4 Å². The minimum atomic E-state index is -0.253. The summed E-state index contributed by atoms with van der Waals surface area (Å²) >= 11 is 0. The molecule has 0 heterocycles. The van der Waals surface area contributed by atoms with Crippen molar-refractivity contribution in [2.75, 3.05) is 11.9 Å². The lowest BCUT2D eigenvalue weighted by Gasteiger charge is -2.22. The van der Waals surface area contributed by atoms with E-state index in [2.05, 4.69) is 19.1 Å². The summed E-state index contributed by atoms with van der Waals surface area (Å²) in [6.45, 7) is 2.32. The van der Waals surface area contributed by atoms with E-state index >= 15 is 0 Å². The Hall–Kier alpha value is -1.87. The standard InChI is InChI=1S/C16H19FN2/c1-3-12-7-9-13(10-8-12)19(2)16-6-4-5-15(17)14(16)11-18/h4-10H,3,11,18H2,1-2H3. The molecule has 19 heavy (non-hydrogen) atoms. The third-order valence-electron chi connectivity index (χ3n) is 3.39. The maximum absolute atomic E-state index is 13.7. The van der Waals surface area contributed by atoms with E-state index in [0.717, 1.165) is 17.8 Å². The van der Waals surface area contributed by atoms with Crippen LogP contribution in [0, 0.1) is 5.82 Å². The average molecular weight is 258 g/mol. The molecular weight excluding hydrogens is 239 g/mol. The number of hydrogen-bond donors (Lipinski definition) is 1. The molecule has 0 spiro atoms. The summed E-state index contributed by atoms with van der Waals surface area (Å²) < 4.78 is 13.7. The van der Waals surface area contributed by atoms with E-state index in [1.807, 2.05) is 30.1 Å². The summed E-state index contributed by atoms with van der Waals surface area (Å²) in [4.78, 5) is 1.96. The molecule has 0 amide bonds. The van der Waals surface area contributed by atoms with Crippen molar-refractivity contribution in [3.63, 3.8) is 0 Å². The SMILES string of the molecule is CCc1ccc(N(C)c2cccc(F)c2CN)cc1. The van der Waals surface area contributed by atoms with Crippen molar-refractivity contribution in [1.29, 1.82) is 0 Å². The third kappa shape index (κ3) is 2.76. The highest BCUT2D eigenvalue weighted by Crippen LogP contribution is 2.28. The molecule has 2 rings (SSSR count). The molecule has 0 fully saturated rings. The van der Waals surface area contributed by atoms with Gasteiger partial charge in [-0.2, -0.15) is 0 Å². The molecule has 2 nitrogen and oxygen atoms in total. The van der Waals surface area contributed by atoms with E-state index in [0.29, 0.717) is 5.56 Å². The van der Waals surface area contributed by atoms with E-state index < -0.39 is 0 Å². The van der Waals surface area contributed by atoms with Crippen LogP contribution >= 0.6 is 0 Å². The largest absolute Gasteiger partial charge is 0.344 e. The fourth-order valence-corrected chi connectivity index (χ4v) is 2.16. The Morgan fingerprint density at radius 1 is 1.11 bits per heavy atom. The number of halogens is 1. The summed E-state index contributed by atoms with van der Waals surface area (Å²) in [5.41, 5.74) is 9.32. The molecule has 0 unspecified atom stereocenters. The maximum Gasteiger partial charge on any atom is 0.129 e. The molecule has 0 saturated carbocycles. The number of nitrogens with zero attached hydrogens (tertiary/aromatic N) is 1. The fraction of sp³-hybridized carbons (Fsp3) is 0.250. The van der Waals surface area contributed by atoms with Crippen LogP contribution in [0.4, 0.5) is 15.8 Å². The van der Waals surface area contributed by atoms with Crippen LogP contribution in [0.3, 0.4) is 0 Å². The second-order valence-corrected chi connectivity index (χ2v) is 4.52. The first-order valence-electron chi connectivity index (χ1n) is 6.47. The second-order valence-electron chi connectivity index (χ2n) is 4.52. The van der Waals surface area contributed by atoms with Gasteiger partial charge in [-0.3, -0.25) is 0 Å². The fourth-order valence-electron chi connectivity index (χ4n) is 2.16. The zero-order valence-electron chi connectivity index (χ0n) is 11.4. The highest BCUT2D eigenvalue weighted by atomic mass is 19.1. The van der Waals surface area contributed by atoms with Crippen molar-refractivity contribution in [2.24, 2.45) is 5.73 Å². The van der Waals surface area contributed by atoms with Crippen molar-refractivity contribution in [3.05, 3.63) is 59.4 Å². The molecule has 0 aliphatic carbocycles. The minimum Gasteiger partial charge on any atom is -0.344 e. The molecule has 0 saturated heterocycles. The third-order valence-corrected chi connectivity index (χ3v) is 3.39. The van der Waals surface area contributed by atoms with Gasteiger partial charge in [-0.25, -0.2) is 4.39 Å². The van der Waals surface area contributed by atoms with Crippen LogP contribution < -0.4 is 10.6 Å². The summed E-state index contributed by atoms with van der Waals surface area (Å²) in [5.74, 6) is -0.253.